The molecule has 1 unspecified atom stereocenters. The minimum Gasteiger partial charge on any atom is -0.497 e. The molecule has 5 heterocycles. The van der Waals surface area contributed by atoms with Gasteiger partial charge in [0.25, 0.3) is 0 Å². The number of hydrogen-bond acceptors (Lipinski definition) is 7. The lowest BCUT2D eigenvalue weighted by Gasteiger charge is -2.36. The smallest absolute Gasteiger partial charge is 0.214 e. The molecule has 10 heteroatoms. The Morgan fingerprint density at radius 1 is 0.974 bits per heavy atom. The number of aromatic nitrogens is 3. The fourth-order valence-electron chi connectivity index (χ4n) is 5.94. The van der Waals surface area contributed by atoms with Crippen molar-refractivity contribution in [2.75, 3.05) is 50.5 Å². The van der Waals surface area contributed by atoms with E-state index in [1.807, 2.05) is 48.9 Å². The van der Waals surface area contributed by atoms with E-state index in [4.69, 9.17) is 9.47 Å². The molecule has 206 valence electrons. The number of nitrogens with zero attached hydrogens (tertiary/aromatic N) is 4. The van der Waals surface area contributed by atoms with Crippen molar-refractivity contribution < 1.29 is 17.9 Å². The highest BCUT2D eigenvalue weighted by Crippen LogP contribution is 2.34. The van der Waals surface area contributed by atoms with E-state index in [1.165, 1.54) is 0 Å². The Bertz CT molecular complexity index is 1530. The number of fused-ring (bicyclic) bond motifs is 3. The number of aromatic amines is 1. The first-order valence-electron chi connectivity index (χ1n) is 13.7. The summed E-state index contributed by atoms with van der Waals surface area (Å²) in [7, 11) is -1.69. The molecule has 2 fully saturated rings. The van der Waals surface area contributed by atoms with Crippen LogP contribution in [0.4, 0.5) is 5.69 Å². The van der Waals surface area contributed by atoms with E-state index in [0.29, 0.717) is 19.7 Å². The van der Waals surface area contributed by atoms with Crippen LogP contribution in [0.25, 0.3) is 21.9 Å². The SMILES string of the molecule is COc1ccc(OCC2CCCN(S(=O)(=O)CC3CCN(c4ccnc5cnc6[nH]ccc6c45)CC3)C2)cc1. The monoisotopic (exact) mass is 549 g/mol. The molecule has 4 aromatic rings. The molecule has 1 N–H and O–H groups in total. The van der Waals surface area contributed by atoms with Gasteiger partial charge in [0.1, 0.15) is 17.1 Å². The Morgan fingerprint density at radius 3 is 2.56 bits per heavy atom. The summed E-state index contributed by atoms with van der Waals surface area (Å²) >= 11 is 0. The van der Waals surface area contributed by atoms with Crippen molar-refractivity contribution in [1.29, 1.82) is 0 Å². The first-order chi connectivity index (χ1) is 19.0. The predicted octanol–water partition coefficient (Wildman–Crippen LogP) is 4.46. The molecule has 1 aromatic carbocycles. The highest BCUT2D eigenvalue weighted by Gasteiger charge is 2.33. The maximum atomic E-state index is 13.4. The third-order valence-electron chi connectivity index (χ3n) is 8.09. The Morgan fingerprint density at radius 2 is 1.77 bits per heavy atom. The number of sulfonamides is 1. The lowest BCUT2D eigenvalue weighted by molar-refractivity contribution is 0.179. The molecule has 2 aliphatic heterocycles. The van der Waals surface area contributed by atoms with Gasteiger partial charge in [-0.3, -0.25) is 4.98 Å². The maximum Gasteiger partial charge on any atom is 0.214 e. The van der Waals surface area contributed by atoms with Gasteiger partial charge < -0.3 is 19.4 Å². The molecule has 0 aliphatic carbocycles. The zero-order chi connectivity index (χ0) is 26.8. The second-order valence-electron chi connectivity index (χ2n) is 10.7. The van der Waals surface area contributed by atoms with E-state index in [0.717, 1.165) is 77.9 Å². The Kier molecular flexibility index (Phi) is 7.31. The van der Waals surface area contributed by atoms with Gasteiger partial charge in [-0.1, -0.05) is 0 Å². The predicted molar refractivity (Wildman–Crippen MR) is 153 cm³/mol. The highest BCUT2D eigenvalue weighted by molar-refractivity contribution is 7.89. The van der Waals surface area contributed by atoms with Crippen LogP contribution in [0.15, 0.2) is 55.0 Å². The van der Waals surface area contributed by atoms with E-state index < -0.39 is 10.0 Å². The number of methoxy groups -OCH3 is 1. The third-order valence-corrected chi connectivity index (χ3v) is 10.1. The number of ether oxygens (including phenoxy) is 2. The number of rotatable bonds is 8. The number of anilines is 1. The molecule has 0 spiro atoms. The van der Waals surface area contributed by atoms with Crippen LogP contribution in [-0.2, 0) is 10.0 Å². The average molecular weight is 550 g/mol. The fraction of sp³-hybridized carbons (Fsp3) is 0.448. The summed E-state index contributed by atoms with van der Waals surface area (Å²) in [5.41, 5.74) is 2.87. The van der Waals surface area contributed by atoms with Gasteiger partial charge in [-0.15, -0.1) is 0 Å². The molecular weight excluding hydrogens is 514 g/mol. The normalized spacial score (nSPS) is 19.5. The van der Waals surface area contributed by atoms with E-state index >= 15 is 0 Å². The van der Waals surface area contributed by atoms with Crippen LogP contribution in [0, 0.1) is 11.8 Å². The van der Waals surface area contributed by atoms with Gasteiger partial charge in [0, 0.05) is 61.0 Å². The molecule has 6 rings (SSSR count). The van der Waals surface area contributed by atoms with Crippen LogP contribution < -0.4 is 14.4 Å². The van der Waals surface area contributed by atoms with Gasteiger partial charge in [-0.25, -0.2) is 17.7 Å². The molecular formula is C29H35N5O4S. The van der Waals surface area contributed by atoms with Crippen molar-refractivity contribution in [1.82, 2.24) is 19.3 Å². The van der Waals surface area contributed by atoms with Crippen LogP contribution in [0.1, 0.15) is 25.7 Å². The largest absolute Gasteiger partial charge is 0.497 e. The van der Waals surface area contributed by atoms with Crippen molar-refractivity contribution in [3.63, 3.8) is 0 Å². The van der Waals surface area contributed by atoms with Crippen LogP contribution in [0.2, 0.25) is 0 Å². The van der Waals surface area contributed by atoms with Crippen LogP contribution in [0.5, 0.6) is 11.5 Å². The zero-order valence-corrected chi connectivity index (χ0v) is 23.1. The van der Waals surface area contributed by atoms with Gasteiger partial charge in [-0.05, 0) is 68.0 Å². The second-order valence-corrected chi connectivity index (χ2v) is 12.7. The summed E-state index contributed by atoms with van der Waals surface area (Å²) < 4.78 is 39.7. The summed E-state index contributed by atoms with van der Waals surface area (Å²) in [5.74, 6) is 2.13. The molecule has 9 nitrogen and oxygen atoms in total. The number of benzene rings is 1. The van der Waals surface area contributed by atoms with Crippen molar-refractivity contribution in [3.05, 3.63) is 55.0 Å². The third kappa shape index (κ3) is 5.53. The van der Waals surface area contributed by atoms with Crippen LogP contribution in [0.3, 0.4) is 0 Å². The number of nitrogens with one attached hydrogen (secondary N) is 1. The van der Waals surface area contributed by atoms with Crippen molar-refractivity contribution >= 4 is 37.6 Å². The molecule has 0 bridgehead atoms. The maximum absolute atomic E-state index is 13.4. The first-order valence-corrected chi connectivity index (χ1v) is 15.3. The van der Waals surface area contributed by atoms with E-state index in [2.05, 4.69) is 25.9 Å². The molecule has 39 heavy (non-hydrogen) atoms. The second kappa shape index (κ2) is 11.0. The van der Waals surface area contributed by atoms with E-state index in [1.54, 1.807) is 11.4 Å². The van der Waals surface area contributed by atoms with Crippen LogP contribution >= 0.6 is 0 Å². The fourth-order valence-corrected chi connectivity index (χ4v) is 7.93. The van der Waals surface area contributed by atoms with E-state index in [9.17, 15) is 8.42 Å². The lowest BCUT2D eigenvalue weighted by atomic mass is 9.98. The van der Waals surface area contributed by atoms with Crippen molar-refractivity contribution in [2.24, 2.45) is 11.8 Å². The van der Waals surface area contributed by atoms with Crippen molar-refractivity contribution in [3.8, 4) is 11.5 Å². The van der Waals surface area contributed by atoms with E-state index in [-0.39, 0.29) is 17.6 Å². The van der Waals surface area contributed by atoms with Gasteiger partial charge in [-0.2, -0.15) is 0 Å². The Hall–Kier alpha value is -3.37. The summed E-state index contributed by atoms with van der Waals surface area (Å²) in [4.78, 5) is 14.5. The molecule has 0 saturated carbocycles. The molecule has 3 aromatic heterocycles. The van der Waals surface area contributed by atoms with Gasteiger partial charge in [0.05, 0.1) is 31.2 Å². The van der Waals surface area contributed by atoms with Crippen molar-refractivity contribution in [2.45, 2.75) is 25.7 Å². The first kappa shape index (κ1) is 25.9. The summed E-state index contributed by atoms with van der Waals surface area (Å²) in [5, 5.41) is 2.17. The molecule has 2 aliphatic rings. The average Bonchev–Trinajstić information content (AvgIpc) is 3.46. The highest BCUT2D eigenvalue weighted by atomic mass is 32.2. The number of hydrogen-bond donors (Lipinski definition) is 1. The zero-order valence-electron chi connectivity index (χ0n) is 22.3. The summed E-state index contributed by atoms with van der Waals surface area (Å²) in [6, 6.07) is 11.6. The Balaban J connectivity index is 1.05. The molecule has 1 atom stereocenters. The lowest BCUT2D eigenvalue weighted by Crippen LogP contribution is -2.45. The Labute approximate surface area is 229 Å². The van der Waals surface area contributed by atoms with Gasteiger partial charge in [0.15, 0.2) is 0 Å². The minimum absolute atomic E-state index is 0.157. The molecule has 0 radical (unpaired) electrons. The summed E-state index contributed by atoms with van der Waals surface area (Å²) in [6.45, 7) is 3.29. The standard InChI is InChI=1S/C29H35N5O4S/c1-37-23-4-6-24(7-5-23)38-19-22-3-2-14-34(18-22)39(35,36)20-21-10-15-33(16-11-21)27-9-13-30-26-17-32-29-25(28(26)27)8-12-31-29/h4-9,12-13,17,21-22H,2-3,10-11,14-16,18-20H2,1H3,(H,31,32). The van der Waals surface area contributed by atoms with Gasteiger partial charge >= 0.3 is 0 Å². The number of pyridine rings is 2. The molecule has 0 amide bonds. The number of piperidine rings is 2. The quantitative estimate of drug-likeness (QED) is 0.346. The minimum atomic E-state index is -3.33. The topological polar surface area (TPSA) is 101 Å². The number of H-pyrrole nitrogens is 1. The summed E-state index contributed by atoms with van der Waals surface area (Å²) in [6.07, 6.45) is 9.09. The van der Waals surface area contributed by atoms with Crippen LogP contribution in [-0.4, -0.2) is 73.3 Å². The van der Waals surface area contributed by atoms with Gasteiger partial charge in [0.2, 0.25) is 10.0 Å². The molecule has 2 saturated heterocycles.